The number of pyridine rings is 1. The van der Waals surface area contributed by atoms with Crippen LogP contribution in [0.2, 0.25) is 5.02 Å². The van der Waals surface area contributed by atoms with E-state index in [-0.39, 0.29) is 6.03 Å². The normalized spacial score (nSPS) is 30.8. The number of anilines is 1. The van der Waals surface area contributed by atoms with E-state index in [0.717, 1.165) is 37.0 Å². The maximum absolute atomic E-state index is 12.7. The van der Waals surface area contributed by atoms with Crippen LogP contribution in [0.4, 0.5) is 10.5 Å². The Morgan fingerprint density at radius 2 is 1.96 bits per heavy atom. The van der Waals surface area contributed by atoms with Crippen LogP contribution in [0.1, 0.15) is 12.8 Å². The Balaban J connectivity index is 1.37. The second kappa shape index (κ2) is 5.33. The van der Waals surface area contributed by atoms with Gasteiger partial charge in [-0.25, -0.2) is 4.79 Å². The van der Waals surface area contributed by atoms with Crippen LogP contribution in [-0.2, 0) is 4.74 Å². The summed E-state index contributed by atoms with van der Waals surface area (Å²) in [7, 11) is 0. The van der Waals surface area contributed by atoms with Crippen molar-refractivity contribution in [1.82, 2.24) is 9.88 Å². The summed E-state index contributed by atoms with van der Waals surface area (Å²) in [5, 5.41) is 4.49. The summed E-state index contributed by atoms with van der Waals surface area (Å²) >= 11 is 6.20. The molecule has 1 N–H and O–H groups in total. The van der Waals surface area contributed by atoms with Crippen molar-refractivity contribution in [2.75, 3.05) is 18.4 Å². The fourth-order valence-corrected chi connectivity index (χ4v) is 4.78. The van der Waals surface area contributed by atoms with Crippen LogP contribution in [0, 0.1) is 11.8 Å². The lowest BCUT2D eigenvalue weighted by molar-refractivity contribution is 0.0747. The first-order valence-electron chi connectivity index (χ1n) is 8.45. The number of fused-ring (bicyclic) bond motifs is 6. The van der Waals surface area contributed by atoms with Crippen molar-refractivity contribution in [3.63, 3.8) is 0 Å². The number of benzene rings is 1. The number of rotatable bonds is 1. The van der Waals surface area contributed by atoms with Gasteiger partial charge in [-0.05, 0) is 37.1 Å². The van der Waals surface area contributed by atoms with Gasteiger partial charge >= 0.3 is 6.03 Å². The minimum absolute atomic E-state index is 0.0451. The maximum atomic E-state index is 12.7. The van der Waals surface area contributed by atoms with E-state index in [1.165, 1.54) is 0 Å². The molecule has 5 nitrogen and oxygen atoms in total. The summed E-state index contributed by atoms with van der Waals surface area (Å²) in [5.74, 6) is 1.02. The molecule has 0 aliphatic carbocycles. The molecule has 4 heterocycles. The van der Waals surface area contributed by atoms with Gasteiger partial charge in [0.1, 0.15) is 0 Å². The van der Waals surface area contributed by atoms with Crippen LogP contribution < -0.4 is 5.32 Å². The lowest BCUT2D eigenvalue weighted by Crippen LogP contribution is -2.35. The molecule has 2 aromatic rings. The topological polar surface area (TPSA) is 54.5 Å². The van der Waals surface area contributed by atoms with Crippen LogP contribution >= 0.6 is 11.6 Å². The Labute approximate surface area is 144 Å². The molecule has 0 saturated carbocycles. The SMILES string of the molecule is O=C(Nc1ccc(Cl)c2ncccc12)N1C[C@@H]2[C@H](C1)[C@H]1CC[C@@H]2O1. The Morgan fingerprint density at radius 1 is 1.21 bits per heavy atom. The molecule has 124 valence electrons. The standard InChI is InChI=1S/C18H18ClN3O2/c19-13-3-4-14(10-2-1-7-20-17(10)13)21-18(23)22-8-11-12(9-22)16-6-5-15(11)24-16/h1-4,7,11-12,15-16H,5-6,8-9H2,(H,21,23)/t11-,12+,15+,16-. The number of nitrogens with zero attached hydrogens (tertiary/aromatic N) is 2. The minimum Gasteiger partial charge on any atom is -0.374 e. The fourth-order valence-electron chi connectivity index (χ4n) is 4.57. The lowest BCUT2D eigenvalue weighted by Gasteiger charge is -2.20. The molecule has 3 aliphatic rings. The molecule has 1 aromatic heterocycles. The number of ether oxygens (including phenoxy) is 1. The minimum atomic E-state index is -0.0451. The molecule has 0 radical (unpaired) electrons. The van der Waals surface area contributed by atoms with E-state index in [0.29, 0.717) is 34.6 Å². The van der Waals surface area contributed by atoms with Gasteiger partial charge in [0.15, 0.2) is 0 Å². The molecule has 6 heteroatoms. The average Bonchev–Trinajstić information content (AvgIpc) is 3.30. The predicted octanol–water partition coefficient (Wildman–Crippen LogP) is 3.53. The summed E-state index contributed by atoms with van der Waals surface area (Å²) in [4.78, 5) is 19.0. The van der Waals surface area contributed by atoms with Crippen molar-refractivity contribution < 1.29 is 9.53 Å². The second-order valence-corrected chi connectivity index (χ2v) is 7.35. The zero-order valence-electron chi connectivity index (χ0n) is 13.1. The van der Waals surface area contributed by atoms with Gasteiger partial charge in [-0.15, -0.1) is 0 Å². The van der Waals surface area contributed by atoms with Gasteiger partial charge in [0, 0.05) is 36.5 Å². The molecule has 0 spiro atoms. The van der Waals surface area contributed by atoms with Gasteiger partial charge in [0.2, 0.25) is 0 Å². The van der Waals surface area contributed by atoms with Crippen molar-refractivity contribution in [2.45, 2.75) is 25.0 Å². The van der Waals surface area contributed by atoms with Gasteiger partial charge in [-0.2, -0.15) is 0 Å². The Hall–Kier alpha value is -1.85. The van der Waals surface area contributed by atoms with Gasteiger partial charge in [0.25, 0.3) is 0 Å². The molecule has 4 atom stereocenters. The number of hydrogen-bond acceptors (Lipinski definition) is 3. The molecule has 3 aliphatic heterocycles. The van der Waals surface area contributed by atoms with E-state index in [1.54, 1.807) is 12.3 Å². The predicted molar refractivity (Wildman–Crippen MR) is 92.2 cm³/mol. The van der Waals surface area contributed by atoms with Crippen molar-refractivity contribution >= 4 is 34.2 Å². The summed E-state index contributed by atoms with van der Waals surface area (Å²) in [6, 6.07) is 7.35. The molecule has 1 aromatic carbocycles. The number of hydrogen-bond donors (Lipinski definition) is 1. The Morgan fingerprint density at radius 3 is 2.71 bits per heavy atom. The highest BCUT2D eigenvalue weighted by atomic mass is 35.5. The second-order valence-electron chi connectivity index (χ2n) is 6.95. The summed E-state index contributed by atoms with van der Waals surface area (Å²) in [6.07, 6.45) is 4.72. The molecule has 24 heavy (non-hydrogen) atoms. The van der Waals surface area contributed by atoms with Crippen LogP contribution in [0.15, 0.2) is 30.5 Å². The van der Waals surface area contributed by atoms with Crippen molar-refractivity contribution in [3.8, 4) is 0 Å². The van der Waals surface area contributed by atoms with Gasteiger partial charge in [0.05, 0.1) is 28.4 Å². The van der Waals surface area contributed by atoms with Crippen LogP contribution in [0.25, 0.3) is 10.9 Å². The third-order valence-electron chi connectivity index (χ3n) is 5.70. The first-order valence-corrected chi connectivity index (χ1v) is 8.83. The quantitative estimate of drug-likeness (QED) is 0.861. The number of aromatic nitrogens is 1. The highest BCUT2D eigenvalue weighted by Crippen LogP contribution is 2.47. The monoisotopic (exact) mass is 343 g/mol. The number of nitrogens with one attached hydrogen (secondary N) is 1. The van der Waals surface area contributed by atoms with Crippen molar-refractivity contribution in [2.24, 2.45) is 11.8 Å². The molecule has 5 rings (SSSR count). The smallest absolute Gasteiger partial charge is 0.321 e. The third-order valence-corrected chi connectivity index (χ3v) is 6.01. The first kappa shape index (κ1) is 14.5. The van der Waals surface area contributed by atoms with E-state index in [4.69, 9.17) is 16.3 Å². The molecule has 2 amide bonds. The van der Waals surface area contributed by atoms with E-state index < -0.39 is 0 Å². The highest BCUT2D eigenvalue weighted by molar-refractivity contribution is 6.35. The number of likely N-dealkylation sites (tertiary alicyclic amines) is 1. The van der Waals surface area contributed by atoms with E-state index in [9.17, 15) is 4.79 Å². The van der Waals surface area contributed by atoms with Crippen LogP contribution in [-0.4, -0.2) is 41.2 Å². The van der Waals surface area contributed by atoms with E-state index >= 15 is 0 Å². The van der Waals surface area contributed by atoms with Gasteiger partial charge in [-0.1, -0.05) is 11.6 Å². The average molecular weight is 344 g/mol. The summed E-state index contributed by atoms with van der Waals surface area (Å²) < 4.78 is 5.98. The number of amides is 2. The van der Waals surface area contributed by atoms with Crippen LogP contribution in [0.3, 0.4) is 0 Å². The van der Waals surface area contributed by atoms with Gasteiger partial charge < -0.3 is 15.0 Å². The summed E-state index contributed by atoms with van der Waals surface area (Å²) in [6.45, 7) is 1.59. The van der Waals surface area contributed by atoms with Crippen molar-refractivity contribution in [3.05, 3.63) is 35.5 Å². The maximum Gasteiger partial charge on any atom is 0.321 e. The summed E-state index contributed by atoms with van der Waals surface area (Å²) in [5.41, 5.74) is 1.46. The molecular weight excluding hydrogens is 326 g/mol. The number of halogens is 1. The third kappa shape index (κ3) is 2.11. The highest BCUT2D eigenvalue weighted by Gasteiger charge is 2.53. The van der Waals surface area contributed by atoms with Crippen molar-refractivity contribution in [1.29, 1.82) is 0 Å². The molecule has 3 fully saturated rings. The van der Waals surface area contributed by atoms with E-state index in [1.807, 2.05) is 23.1 Å². The van der Waals surface area contributed by atoms with Gasteiger partial charge in [-0.3, -0.25) is 4.98 Å². The molecule has 3 saturated heterocycles. The lowest BCUT2D eigenvalue weighted by atomic mass is 9.82. The fraction of sp³-hybridized carbons (Fsp3) is 0.444. The first-order chi connectivity index (χ1) is 11.7. The van der Waals surface area contributed by atoms with E-state index in [2.05, 4.69) is 10.3 Å². The number of carbonyl (C=O) groups excluding carboxylic acids is 1. The Bertz CT molecular complexity index is 809. The molecule has 2 bridgehead atoms. The number of carbonyl (C=O) groups is 1. The largest absolute Gasteiger partial charge is 0.374 e. The number of urea groups is 1. The molecular formula is C18H18ClN3O2. The van der Waals surface area contributed by atoms with Crippen LogP contribution in [0.5, 0.6) is 0 Å². The zero-order valence-corrected chi connectivity index (χ0v) is 13.9. The zero-order chi connectivity index (χ0) is 16.3. The Kier molecular flexibility index (Phi) is 3.22. The molecule has 0 unspecified atom stereocenters.